The summed E-state index contributed by atoms with van der Waals surface area (Å²) in [6.07, 6.45) is 0.0784. The van der Waals surface area contributed by atoms with Crippen LogP contribution in [0.3, 0.4) is 0 Å². The topological polar surface area (TPSA) is 96.7 Å². The van der Waals surface area contributed by atoms with Crippen molar-refractivity contribution in [3.8, 4) is 0 Å². The Hall–Kier alpha value is -2.33. The van der Waals surface area contributed by atoms with Gasteiger partial charge in [-0.05, 0) is 67.7 Å². The SMILES string of the molecule is CC(C)[C@]1(C(=O)N2CCc3c(cc(C(F)(F)F)cc3NC(N)=O)C2)CC[C@@H](NC2CCOCC2)C1. The zero-order valence-corrected chi connectivity index (χ0v) is 20.3. The molecule has 35 heavy (non-hydrogen) atoms. The van der Waals surface area contributed by atoms with Gasteiger partial charge in [-0.25, -0.2) is 4.79 Å². The molecule has 7 nitrogen and oxygen atoms in total. The van der Waals surface area contributed by atoms with E-state index in [2.05, 4.69) is 24.5 Å². The van der Waals surface area contributed by atoms with Crippen molar-refractivity contribution in [2.75, 3.05) is 25.1 Å². The molecule has 2 aliphatic heterocycles. The van der Waals surface area contributed by atoms with Gasteiger partial charge in [0, 0.05) is 44.1 Å². The minimum atomic E-state index is -4.58. The van der Waals surface area contributed by atoms with Crippen molar-refractivity contribution >= 4 is 17.6 Å². The number of nitrogens with one attached hydrogen (secondary N) is 2. The van der Waals surface area contributed by atoms with Crippen LogP contribution in [0.5, 0.6) is 0 Å². The summed E-state index contributed by atoms with van der Waals surface area (Å²) in [6, 6.07) is 1.72. The average molecular weight is 497 g/mol. The molecule has 194 valence electrons. The highest BCUT2D eigenvalue weighted by Gasteiger charge is 2.50. The summed E-state index contributed by atoms with van der Waals surface area (Å²) in [5.41, 5.74) is 4.85. The van der Waals surface area contributed by atoms with Crippen molar-refractivity contribution in [1.82, 2.24) is 10.2 Å². The molecule has 3 aliphatic rings. The van der Waals surface area contributed by atoms with E-state index in [1.165, 1.54) is 0 Å². The van der Waals surface area contributed by atoms with E-state index < -0.39 is 23.2 Å². The molecule has 0 spiro atoms. The Labute approximate surface area is 203 Å². The summed E-state index contributed by atoms with van der Waals surface area (Å²) in [6.45, 7) is 6.08. The molecule has 1 aromatic carbocycles. The Bertz CT molecular complexity index is 962. The summed E-state index contributed by atoms with van der Waals surface area (Å²) < 4.78 is 46.1. The van der Waals surface area contributed by atoms with Crippen LogP contribution in [-0.2, 0) is 28.7 Å². The zero-order valence-electron chi connectivity index (χ0n) is 20.3. The first kappa shape index (κ1) is 25.8. The average Bonchev–Trinajstić information content (AvgIpc) is 3.23. The van der Waals surface area contributed by atoms with Crippen LogP contribution in [0, 0.1) is 11.3 Å². The summed E-state index contributed by atoms with van der Waals surface area (Å²) in [4.78, 5) is 27.0. The van der Waals surface area contributed by atoms with Gasteiger partial charge in [-0.15, -0.1) is 0 Å². The van der Waals surface area contributed by atoms with Gasteiger partial charge in [-0.1, -0.05) is 13.8 Å². The highest BCUT2D eigenvalue weighted by atomic mass is 19.4. The summed E-state index contributed by atoms with van der Waals surface area (Å²) >= 11 is 0. The first-order valence-electron chi connectivity index (χ1n) is 12.4. The second-order valence-corrected chi connectivity index (χ2v) is 10.4. The molecular formula is C25H35F3N4O3. The second kappa shape index (κ2) is 9.97. The fourth-order valence-corrected chi connectivity index (χ4v) is 5.98. The van der Waals surface area contributed by atoms with E-state index in [9.17, 15) is 22.8 Å². The molecule has 1 aliphatic carbocycles. The number of carbonyl (C=O) groups is 2. The maximum Gasteiger partial charge on any atom is 0.416 e. The number of halogens is 3. The smallest absolute Gasteiger partial charge is 0.381 e. The van der Waals surface area contributed by atoms with Gasteiger partial charge in [0.2, 0.25) is 5.91 Å². The van der Waals surface area contributed by atoms with Crippen LogP contribution in [0.15, 0.2) is 12.1 Å². The number of alkyl halides is 3. The minimum absolute atomic E-state index is 0.0104. The molecule has 1 aromatic rings. The number of amides is 3. The fraction of sp³-hybridized carbons (Fsp3) is 0.680. The number of benzene rings is 1. The standard InChI is InChI=1S/C25H35F3N4O3/c1-15(2)24(7-3-19(13-24)30-18-5-9-35-10-6-18)22(33)32-8-4-20-16(14-32)11-17(25(26,27)28)12-21(20)31-23(29)34/h11-12,15,18-19,30H,3-10,13-14H2,1-2H3,(H3,29,31,34)/t19-,24+/m1/s1. The van der Waals surface area contributed by atoms with Gasteiger partial charge in [-0.3, -0.25) is 4.79 Å². The van der Waals surface area contributed by atoms with Crippen LogP contribution < -0.4 is 16.4 Å². The van der Waals surface area contributed by atoms with Gasteiger partial charge in [-0.2, -0.15) is 13.2 Å². The van der Waals surface area contributed by atoms with E-state index in [4.69, 9.17) is 10.5 Å². The van der Waals surface area contributed by atoms with Crippen molar-refractivity contribution < 1.29 is 27.5 Å². The zero-order chi connectivity index (χ0) is 25.4. The molecule has 10 heteroatoms. The highest BCUT2D eigenvalue weighted by molar-refractivity contribution is 5.89. The van der Waals surface area contributed by atoms with Gasteiger partial charge in [0.15, 0.2) is 0 Å². The van der Waals surface area contributed by atoms with Gasteiger partial charge < -0.3 is 26.0 Å². The van der Waals surface area contributed by atoms with Crippen LogP contribution in [0.4, 0.5) is 23.7 Å². The van der Waals surface area contributed by atoms with E-state index in [1.807, 2.05) is 0 Å². The Kier molecular flexibility index (Phi) is 7.33. The van der Waals surface area contributed by atoms with E-state index >= 15 is 0 Å². The number of carbonyl (C=O) groups excluding carboxylic acids is 2. The monoisotopic (exact) mass is 496 g/mol. The predicted octanol–water partition coefficient (Wildman–Crippen LogP) is 4.04. The lowest BCUT2D eigenvalue weighted by molar-refractivity contribution is -0.145. The Balaban J connectivity index is 1.55. The van der Waals surface area contributed by atoms with Crippen LogP contribution in [0.2, 0.25) is 0 Å². The number of fused-ring (bicyclic) bond motifs is 1. The van der Waals surface area contributed by atoms with Crippen LogP contribution in [0.1, 0.15) is 62.6 Å². The van der Waals surface area contributed by atoms with Gasteiger partial charge in [0.05, 0.1) is 11.0 Å². The third-order valence-electron chi connectivity index (χ3n) is 7.98. The largest absolute Gasteiger partial charge is 0.416 e. The highest BCUT2D eigenvalue weighted by Crippen LogP contribution is 2.47. The third kappa shape index (κ3) is 5.43. The second-order valence-electron chi connectivity index (χ2n) is 10.4. The van der Waals surface area contributed by atoms with Crippen molar-refractivity contribution in [1.29, 1.82) is 0 Å². The maximum atomic E-state index is 13.9. The molecule has 0 radical (unpaired) electrons. The summed E-state index contributed by atoms with van der Waals surface area (Å²) in [5, 5.41) is 6.06. The lowest BCUT2D eigenvalue weighted by Gasteiger charge is -2.40. The van der Waals surface area contributed by atoms with Crippen molar-refractivity contribution in [3.05, 3.63) is 28.8 Å². The molecule has 0 unspecified atom stereocenters. The third-order valence-corrected chi connectivity index (χ3v) is 7.98. The molecule has 2 heterocycles. The number of anilines is 1. The number of primary amides is 1. The normalized spacial score (nSPS) is 25.5. The molecule has 0 aromatic heterocycles. The molecule has 1 saturated heterocycles. The molecule has 3 amide bonds. The van der Waals surface area contributed by atoms with Crippen LogP contribution in [0.25, 0.3) is 0 Å². The molecule has 4 rings (SSSR count). The number of ether oxygens (including phenoxy) is 1. The minimum Gasteiger partial charge on any atom is -0.381 e. The number of urea groups is 1. The number of hydrogen-bond donors (Lipinski definition) is 3. The number of rotatable bonds is 5. The molecule has 2 fully saturated rings. The molecular weight excluding hydrogens is 461 g/mol. The lowest BCUT2D eigenvalue weighted by Crippen LogP contribution is -2.49. The lowest BCUT2D eigenvalue weighted by atomic mass is 9.73. The fourth-order valence-electron chi connectivity index (χ4n) is 5.98. The Morgan fingerprint density at radius 2 is 1.89 bits per heavy atom. The molecule has 0 bridgehead atoms. The van der Waals surface area contributed by atoms with Gasteiger partial charge in [0.1, 0.15) is 0 Å². The molecule has 2 atom stereocenters. The number of nitrogens with zero attached hydrogens (tertiary/aromatic N) is 1. The Morgan fingerprint density at radius 3 is 2.51 bits per heavy atom. The van der Waals surface area contributed by atoms with Crippen molar-refractivity contribution in [2.24, 2.45) is 17.1 Å². The van der Waals surface area contributed by atoms with E-state index in [0.29, 0.717) is 30.1 Å². The maximum absolute atomic E-state index is 13.9. The number of hydrogen-bond acceptors (Lipinski definition) is 4. The van der Waals surface area contributed by atoms with Crippen molar-refractivity contribution in [2.45, 2.75) is 77.2 Å². The first-order valence-corrected chi connectivity index (χ1v) is 12.4. The quantitative estimate of drug-likeness (QED) is 0.573. The molecule has 1 saturated carbocycles. The van der Waals surface area contributed by atoms with Gasteiger partial charge >= 0.3 is 12.2 Å². The summed E-state index contributed by atoms with van der Waals surface area (Å²) in [5.74, 6) is 0.114. The van der Waals surface area contributed by atoms with Gasteiger partial charge in [0.25, 0.3) is 0 Å². The van der Waals surface area contributed by atoms with E-state index in [1.54, 1.807) is 4.90 Å². The molecule has 4 N–H and O–H groups in total. The first-order chi connectivity index (χ1) is 16.5. The predicted molar refractivity (Wildman–Crippen MR) is 126 cm³/mol. The van der Waals surface area contributed by atoms with Crippen molar-refractivity contribution in [3.63, 3.8) is 0 Å². The van der Waals surface area contributed by atoms with E-state index in [-0.39, 0.29) is 30.1 Å². The number of nitrogens with two attached hydrogens (primary N) is 1. The van der Waals surface area contributed by atoms with E-state index in [0.717, 1.165) is 57.5 Å². The Morgan fingerprint density at radius 1 is 1.17 bits per heavy atom. The van der Waals surface area contributed by atoms with Crippen LogP contribution >= 0.6 is 0 Å². The summed E-state index contributed by atoms with van der Waals surface area (Å²) in [7, 11) is 0. The van der Waals surface area contributed by atoms with Crippen LogP contribution in [-0.4, -0.2) is 48.7 Å².